The molecular weight excluding hydrogens is 400 g/mol. The van der Waals surface area contributed by atoms with Crippen molar-refractivity contribution in [2.45, 2.75) is 33.2 Å². The van der Waals surface area contributed by atoms with Gasteiger partial charge < -0.3 is 20.0 Å². The highest BCUT2D eigenvalue weighted by atomic mass is 79.9. The van der Waals surface area contributed by atoms with Crippen LogP contribution in [0.25, 0.3) is 0 Å². The molecule has 0 radical (unpaired) electrons. The topological polar surface area (TPSA) is 87.5 Å². The predicted molar refractivity (Wildman–Crippen MR) is 103 cm³/mol. The number of nitrogens with one attached hydrogen (secondary N) is 2. The van der Waals surface area contributed by atoms with E-state index in [-0.39, 0.29) is 24.2 Å². The number of urea groups is 1. The second kappa shape index (κ2) is 9.96. The number of benzene rings is 1. The number of anilines is 1. The Hall–Kier alpha value is -2.35. The quantitative estimate of drug-likeness (QED) is 0.672. The molecular formula is C18H23BrN4O3. The summed E-state index contributed by atoms with van der Waals surface area (Å²) in [5.74, 6) is 0.0502. The van der Waals surface area contributed by atoms with Gasteiger partial charge in [0.25, 0.3) is 5.91 Å². The summed E-state index contributed by atoms with van der Waals surface area (Å²) in [6, 6.07) is 7.09. The van der Waals surface area contributed by atoms with Crippen LogP contribution in [0.1, 0.15) is 43.1 Å². The Bertz CT molecular complexity index is 730. The lowest BCUT2D eigenvalue weighted by Crippen LogP contribution is -2.35. The molecule has 2 rings (SSSR count). The predicted octanol–water partition coefficient (Wildman–Crippen LogP) is 4.02. The van der Waals surface area contributed by atoms with Gasteiger partial charge in [0, 0.05) is 23.2 Å². The van der Waals surface area contributed by atoms with Gasteiger partial charge in [0.05, 0.1) is 6.54 Å². The number of hydrogen-bond donors (Lipinski definition) is 2. The number of carbonyl (C=O) groups excluding carboxylic acids is 2. The SMILES string of the molecule is CCCNC(=O)c1coc(CN(CCC)C(=O)Nc2ccc(Br)cc2)n1. The van der Waals surface area contributed by atoms with Crippen LogP contribution in [0.2, 0.25) is 0 Å². The van der Waals surface area contributed by atoms with Crippen LogP contribution >= 0.6 is 15.9 Å². The van der Waals surface area contributed by atoms with Gasteiger partial charge in [0.1, 0.15) is 6.26 Å². The summed E-state index contributed by atoms with van der Waals surface area (Å²) in [7, 11) is 0. The third-order valence-electron chi connectivity index (χ3n) is 3.52. The van der Waals surface area contributed by atoms with Crippen LogP contribution in [0.5, 0.6) is 0 Å². The number of carbonyl (C=O) groups is 2. The number of halogens is 1. The van der Waals surface area contributed by atoms with Crippen LogP contribution in [-0.4, -0.2) is 34.9 Å². The molecule has 0 aliphatic carbocycles. The van der Waals surface area contributed by atoms with E-state index in [1.165, 1.54) is 6.26 Å². The number of rotatable bonds is 8. The highest BCUT2D eigenvalue weighted by Gasteiger charge is 2.18. The van der Waals surface area contributed by atoms with Gasteiger partial charge in [-0.2, -0.15) is 0 Å². The molecule has 1 aromatic heterocycles. The monoisotopic (exact) mass is 422 g/mol. The van der Waals surface area contributed by atoms with Crippen LogP contribution in [-0.2, 0) is 6.54 Å². The largest absolute Gasteiger partial charge is 0.446 e. The Balaban J connectivity index is 2.00. The number of hydrogen-bond acceptors (Lipinski definition) is 4. The van der Waals surface area contributed by atoms with Crippen molar-refractivity contribution in [1.29, 1.82) is 0 Å². The average molecular weight is 423 g/mol. The molecule has 0 spiro atoms. The van der Waals surface area contributed by atoms with Crippen molar-refractivity contribution in [2.24, 2.45) is 0 Å². The standard InChI is InChI=1S/C18H23BrN4O3/c1-3-9-20-17(24)15-12-26-16(22-15)11-23(10-4-2)18(25)21-14-7-5-13(19)6-8-14/h5-8,12H,3-4,9-11H2,1-2H3,(H,20,24)(H,21,25). The molecule has 26 heavy (non-hydrogen) atoms. The molecule has 7 nitrogen and oxygen atoms in total. The summed E-state index contributed by atoms with van der Waals surface area (Å²) in [6.07, 6.45) is 2.95. The van der Waals surface area contributed by atoms with E-state index in [2.05, 4.69) is 31.5 Å². The van der Waals surface area contributed by atoms with E-state index in [1.807, 2.05) is 38.1 Å². The summed E-state index contributed by atoms with van der Waals surface area (Å²) >= 11 is 3.36. The molecule has 3 amide bonds. The lowest BCUT2D eigenvalue weighted by atomic mass is 10.3. The number of aromatic nitrogens is 1. The lowest BCUT2D eigenvalue weighted by molar-refractivity contribution is 0.0948. The molecule has 0 atom stereocenters. The van der Waals surface area contributed by atoms with Crippen molar-refractivity contribution < 1.29 is 14.0 Å². The first-order valence-electron chi connectivity index (χ1n) is 8.57. The Morgan fingerprint density at radius 3 is 2.58 bits per heavy atom. The van der Waals surface area contributed by atoms with Gasteiger partial charge in [0.2, 0.25) is 5.89 Å². The third kappa shape index (κ3) is 5.87. The fraction of sp³-hybridized carbons (Fsp3) is 0.389. The fourth-order valence-electron chi connectivity index (χ4n) is 2.24. The van der Waals surface area contributed by atoms with Crippen molar-refractivity contribution in [2.75, 3.05) is 18.4 Å². The smallest absolute Gasteiger partial charge is 0.322 e. The molecule has 0 unspecified atom stereocenters. The molecule has 0 aliphatic rings. The van der Waals surface area contributed by atoms with Gasteiger partial charge in [0.15, 0.2) is 5.69 Å². The van der Waals surface area contributed by atoms with Crippen molar-refractivity contribution in [3.05, 3.63) is 46.6 Å². The summed E-state index contributed by atoms with van der Waals surface area (Å²) in [4.78, 5) is 30.2. The van der Waals surface area contributed by atoms with Crippen LogP contribution in [0.15, 0.2) is 39.4 Å². The van der Waals surface area contributed by atoms with Crippen molar-refractivity contribution in [3.63, 3.8) is 0 Å². The minimum Gasteiger partial charge on any atom is -0.446 e. The van der Waals surface area contributed by atoms with Gasteiger partial charge in [-0.25, -0.2) is 9.78 Å². The number of nitrogens with zero attached hydrogens (tertiary/aromatic N) is 2. The van der Waals surface area contributed by atoms with Gasteiger partial charge in [-0.05, 0) is 37.1 Å². The minimum atomic E-state index is -0.275. The summed E-state index contributed by atoms with van der Waals surface area (Å²) in [5, 5.41) is 5.59. The van der Waals surface area contributed by atoms with E-state index < -0.39 is 0 Å². The van der Waals surface area contributed by atoms with E-state index in [4.69, 9.17) is 4.42 Å². The minimum absolute atomic E-state index is 0.192. The maximum absolute atomic E-state index is 12.5. The first kappa shape index (κ1) is 20.0. The van der Waals surface area contributed by atoms with Crippen molar-refractivity contribution >= 4 is 33.6 Å². The third-order valence-corrected chi connectivity index (χ3v) is 4.05. The van der Waals surface area contributed by atoms with E-state index in [1.54, 1.807) is 4.90 Å². The second-order valence-electron chi connectivity index (χ2n) is 5.74. The van der Waals surface area contributed by atoms with Crippen LogP contribution in [0.3, 0.4) is 0 Å². The maximum atomic E-state index is 12.5. The Morgan fingerprint density at radius 1 is 1.19 bits per heavy atom. The lowest BCUT2D eigenvalue weighted by Gasteiger charge is -2.21. The molecule has 0 saturated heterocycles. The molecule has 2 N–H and O–H groups in total. The Labute approximate surface area is 161 Å². The van der Waals surface area contributed by atoms with Crippen molar-refractivity contribution in [1.82, 2.24) is 15.2 Å². The number of oxazole rings is 1. The molecule has 140 valence electrons. The molecule has 0 bridgehead atoms. The number of amides is 3. The molecule has 1 aromatic carbocycles. The molecule has 1 heterocycles. The average Bonchev–Trinajstić information content (AvgIpc) is 3.10. The van der Waals surface area contributed by atoms with E-state index >= 15 is 0 Å². The Kier molecular flexibility index (Phi) is 7.65. The van der Waals surface area contributed by atoms with Gasteiger partial charge >= 0.3 is 6.03 Å². The summed E-state index contributed by atoms with van der Waals surface area (Å²) < 4.78 is 6.30. The molecule has 0 saturated carbocycles. The molecule has 0 aliphatic heterocycles. The van der Waals surface area contributed by atoms with Crippen LogP contribution in [0, 0.1) is 0 Å². The van der Waals surface area contributed by atoms with E-state index in [0.29, 0.717) is 24.7 Å². The van der Waals surface area contributed by atoms with Gasteiger partial charge in [-0.1, -0.05) is 29.8 Å². The Morgan fingerprint density at radius 2 is 1.92 bits per heavy atom. The zero-order chi connectivity index (χ0) is 18.9. The maximum Gasteiger partial charge on any atom is 0.322 e. The zero-order valence-corrected chi connectivity index (χ0v) is 16.5. The van der Waals surface area contributed by atoms with Gasteiger partial charge in [-0.15, -0.1) is 0 Å². The first-order chi connectivity index (χ1) is 12.5. The molecule has 2 aromatic rings. The molecule has 0 fully saturated rings. The van der Waals surface area contributed by atoms with Crippen LogP contribution in [0.4, 0.5) is 10.5 Å². The van der Waals surface area contributed by atoms with Crippen LogP contribution < -0.4 is 10.6 Å². The van der Waals surface area contributed by atoms with Gasteiger partial charge in [-0.3, -0.25) is 4.79 Å². The van der Waals surface area contributed by atoms with Crippen molar-refractivity contribution in [3.8, 4) is 0 Å². The summed E-state index contributed by atoms with van der Waals surface area (Å²) in [6.45, 7) is 5.28. The van der Waals surface area contributed by atoms with E-state index in [9.17, 15) is 9.59 Å². The summed E-state index contributed by atoms with van der Waals surface area (Å²) in [5.41, 5.74) is 0.921. The normalized spacial score (nSPS) is 10.4. The second-order valence-corrected chi connectivity index (χ2v) is 6.66. The fourth-order valence-corrected chi connectivity index (χ4v) is 2.50. The highest BCUT2D eigenvalue weighted by Crippen LogP contribution is 2.15. The molecule has 8 heteroatoms. The highest BCUT2D eigenvalue weighted by molar-refractivity contribution is 9.10. The first-order valence-corrected chi connectivity index (χ1v) is 9.36. The van der Waals surface area contributed by atoms with E-state index in [0.717, 1.165) is 17.3 Å². The zero-order valence-electron chi connectivity index (χ0n) is 14.9.